The van der Waals surface area contributed by atoms with E-state index in [2.05, 4.69) is 11.9 Å². The molecule has 2 aromatic heterocycles. The van der Waals surface area contributed by atoms with Crippen LogP contribution in [0.1, 0.15) is 32.6 Å². The molecule has 0 aliphatic heterocycles. The van der Waals surface area contributed by atoms with Crippen LogP contribution in [-0.2, 0) is 6.54 Å². The number of unbranched alkanes of at least 4 members (excludes halogenated alkanes) is 3. The minimum Gasteiger partial charge on any atom is -0.285 e. The van der Waals surface area contributed by atoms with Crippen LogP contribution in [0.15, 0.2) is 21.0 Å². The third-order valence-corrected chi connectivity index (χ3v) is 3.77. The Labute approximate surface area is 103 Å². The van der Waals surface area contributed by atoms with Crippen molar-refractivity contribution in [1.29, 1.82) is 0 Å². The van der Waals surface area contributed by atoms with Crippen LogP contribution in [0.4, 0.5) is 0 Å². The van der Waals surface area contributed by atoms with Gasteiger partial charge < -0.3 is 0 Å². The first-order valence-corrected chi connectivity index (χ1v) is 6.82. The summed E-state index contributed by atoms with van der Waals surface area (Å²) in [6, 6.07) is 1.76. The molecule has 2 rings (SSSR count). The number of nitrogens with zero attached hydrogens (tertiary/aromatic N) is 1. The number of aryl methyl sites for hydroxylation is 1. The molecular weight excluding hydrogens is 236 g/mol. The van der Waals surface area contributed by atoms with E-state index in [0.717, 1.165) is 17.7 Å². The van der Waals surface area contributed by atoms with Crippen molar-refractivity contribution in [3.63, 3.8) is 0 Å². The lowest BCUT2D eigenvalue weighted by molar-refractivity contribution is 0.576. The van der Waals surface area contributed by atoms with Gasteiger partial charge in [0.15, 0.2) is 0 Å². The Morgan fingerprint density at radius 2 is 2.12 bits per heavy atom. The van der Waals surface area contributed by atoms with Crippen molar-refractivity contribution in [1.82, 2.24) is 9.55 Å². The minimum absolute atomic E-state index is 0.281. The number of aromatic amines is 1. The summed E-state index contributed by atoms with van der Waals surface area (Å²) in [6.07, 6.45) is 4.46. The minimum atomic E-state index is -0.290. The van der Waals surface area contributed by atoms with E-state index in [9.17, 15) is 9.59 Å². The number of nitrogens with one attached hydrogen (secondary N) is 1. The van der Waals surface area contributed by atoms with Gasteiger partial charge in [0.25, 0.3) is 5.56 Å². The smallest absolute Gasteiger partial charge is 0.285 e. The third-order valence-electron chi connectivity index (χ3n) is 2.84. The second-order valence-electron chi connectivity index (χ2n) is 4.11. The van der Waals surface area contributed by atoms with E-state index < -0.39 is 0 Å². The van der Waals surface area contributed by atoms with E-state index in [1.165, 1.54) is 24.2 Å². The SMILES string of the molecule is CCCCCCn1c(=O)[nH]c(=O)c2ccsc21. The molecule has 1 N–H and O–H groups in total. The molecule has 0 aliphatic carbocycles. The summed E-state index contributed by atoms with van der Waals surface area (Å²) in [6.45, 7) is 2.84. The van der Waals surface area contributed by atoms with E-state index in [1.807, 2.05) is 5.38 Å². The quantitative estimate of drug-likeness (QED) is 0.830. The van der Waals surface area contributed by atoms with Crippen LogP contribution >= 0.6 is 11.3 Å². The molecule has 0 saturated carbocycles. The van der Waals surface area contributed by atoms with Gasteiger partial charge >= 0.3 is 5.69 Å². The fourth-order valence-electron chi connectivity index (χ4n) is 1.91. The van der Waals surface area contributed by atoms with Crippen LogP contribution in [0.3, 0.4) is 0 Å². The summed E-state index contributed by atoms with van der Waals surface area (Å²) in [4.78, 5) is 26.4. The van der Waals surface area contributed by atoms with Crippen molar-refractivity contribution in [3.8, 4) is 0 Å². The molecule has 0 radical (unpaired) electrons. The average Bonchev–Trinajstić information content (AvgIpc) is 2.77. The van der Waals surface area contributed by atoms with Crippen molar-refractivity contribution >= 4 is 21.6 Å². The molecular formula is C12H16N2O2S. The summed E-state index contributed by atoms with van der Waals surface area (Å²) >= 11 is 1.45. The molecule has 92 valence electrons. The summed E-state index contributed by atoms with van der Waals surface area (Å²) in [5.74, 6) is 0. The lowest BCUT2D eigenvalue weighted by Crippen LogP contribution is -2.29. The van der Waals surface area contributed by atoms with Crippen LogP contribution in [0.2, 0.25) is 0 Å². The Hall–Kier alpha value is -1.36. The Morgan fingerprint density at radius 3 is 2.88 bits per heavy atom. The highest BCUT2D eigenvalue weighted by Crippen LogP contribution is 2.15. The van der Waals surface area contributed by atoms with Crippen molar-refractivity contribution in [2.45, 2.75) is 39.2 Å². The van der Waals surface area contributed by atoms with Gasteiger partial charge in [-0.05, 0) is 17.9 Å². The maximum absolute atomic E-state index is 11.7. The number of fused-ring (bicyclic) bond motifs is 1. The summed E-state index contributed by atoms with van der Waals surface area (Å²) < 4.78 is 1.68. The standard InChI is InChI=1S/C12H16N2O2S/c1-2-3-4-5-7-14-11-9(6-8-17-11)10(15)13-12(14)16/h6,8H,2-5,7H2,1H3,(H,13,15,16). The zero-order chi connectivity index (χ0) is 12.3. The van der Waals surface area contributed by atoms with Gasteiger partial charge in [-0.25, -0.2) is 4.79 Å². The number of H-pyrrole nitrogens is 1. The topological polar surface area (TPSA) is 54.9 Å². The second-order valence-corrected chi connectivity index (χ2v) is 5.01. The lowest BCUT2D eigenvalue weighted by atomic mass is 10.2. The van der Waals surface area contributed by atoms with Gasteiger partial charge in [-0.1, -0.05) is 26.2 Å². The Bertz CT molecular complexity index is 609. The monoisotopic (exact) mass is 252 g/mol. The van der Waals surface area contributed by atoms with Gasteiger partial charge in [-0.15, -0.1) is 11.3 Å². The number of thiophene rings is 1. The van der Waals surface area contributed by atoms with E-state index in [-0.39, 0.29) is 11.2 Å². The van der Waals surface area contributed by atoms with Crippen LogP contribution in [0, 0.1) is 0 Å². The molecule has 0 spiro atoms. The fourth-order valence-corrected chi connectivity index (χ4v) is 2.83. The van der Waals surface area contributed by atoms with Gasteiger partial charge in [0.05, 0.1) is 5.39 Å². The van der Waals surface area contributed by atoms with Crippen LogP contribution in [0.25, 0.3) is 10.2 Å². The molecule has 4 nitrogen and oxygen atoms in total. The molecule has 0 amide bonds. The normalized spacial score (nSPS) is 11.1. The Morgan fingerprint density at radius 1 is 1.29 bits per heavy atom. The van der Waals surface area contributed by atoms with E-state index in [1.54, 1.807) is 10.6 Å². The van der Waals surface area contributed by atoms with Crippen LogP contribution < -0.4 is 11.2 Å². The Kier molecular flexibility index (Phi) is 3.78. The summed E-state index contributed by atoms with van der Waals surface area (Å²) in [5, 5.41) is 2.46. The van der Waals surface area contributed by atoms with Gasteiger partial charge in [0.1, 0.15) is 4.83 Å². The lowest BCUT2D eigenvalue weighted by Gasteiger charge is -2.05. The van der Waals surface area contributed by atoms with Crippen molar-refractivity contribution in [2.24, 2.45) is 0 Å². The van der Waals surface area contributed by atoms with Gasteiger partial charge in [-0.3, -0.25) is 14.3 Å². The van der Waals surface area contributed by atoms with Gasteiger partial charge in [0, 0.05) is 6.54 Å². The predicted octanol–water partition coefficient (Wildman–Crippen LogP) is 2.33. The molecule has 0 aromatic carbocycles. The Balaban J connectivity index is 2.30. The number of rotatable bonds is 5. The maximum Gasteiger partial charge on any atom is 0.329 e. The number of hydrogen-bond donors (Lipinski definition) is 1. The van der Waals surface area contributed by atoms with Crippen molar-refractivity contribution in [2.75, 3.05) is 0 Å². The molecule has 2 heterocycles. The van der Waals surface area contributed by atoms with Crippen LogP contribution in [-0.4, -0.2) is 9.55 Å². The first kappa shape index (κ1) is 12.1. The molecule has 17 heavy (non-hydrogen) atoms. The molecule has 5 heteroatoms. The highest BCUT2D eigenvalue weighted by molar-refractivity contribution is 7.16. The zero-order valence-electron chi connectivity index (χ0n) is 9.86. The van der Waals surface area contributed by atoms with E-state index in [0.29, 0.717) is 11.9 Å². The molecule has 2 aromatic rings. The van der Waals surface area contributed by atoms with E-state index in [4.69, 9.17) is 0 Å². The molecule has 0 unspecified atom stereocenters. The summed E-state index contributed by atoms with van der Waals surface area (Å²) in [7, 11) is 0. The first-order chi connectivity index (χ1) is 8.24. The first-order valence-electron chi connectivity index (χ1n) is 5.94. The largest absolute Gasteiger partial charge is 0.329 e. The zero-order valence-corrected chi connectivity index (χ0v) is 10.7. The molecule has 0 fully saturated rings. The predicted molar refractivity (Wildman–Crippen MR) is 70.8 cm³/mol. The van der Waals surface area contributed by atoms with Crippen LogP contribution in [0.5, 0.6) is 0 Å². The number of hydrogen-bond acceptors (Lipinski definition) is 3. The highest BCUT2D eigenvalue weighted by Gasteiger charge is 2.07. The van der Waals surface area contributed by atoms with Gasteiger partial charge in [-0.2, -0.15) is 0 Å². The number of aromatic nitrogens is 2. The maximum atomic E-state index is 11.7. The molecule has 0 saturated heterocycles. The van der Waals surface area contributed by atoms with Gasteiger partial charge in [0.2, 0.25) is 0 Å². The summed E-state index contributed by atoms with van der Waals surface area (Å²) in [5.41, 5.74) is -0.572. The fraction of sp³-hybridized carbons (Fsp3) is 0.500. The van der Waals surface area contributed by atoms with Crippen molar-refractivity contribution in [3.05, 3.63) is 32.3 Å². The van der Waals surface area contributed by atoms with E-state index >= 15 is 0 Å². The van der Waals surface area contributed by atoms with Crippen molar-refractivity contribution < 1.29 is 0 Å². The molecule has 0 aliphatic rings. The average molecular weight is 252 g/mol. The highest BCUT2D eigenvalue weighted by atomic mass is 32.1. The third kappa shape index (κ3) is 2.49. The second kappa shape index (κ2) is 5.31. The molecule has 0 atom stereocenters. The molecule has 0 bridgehead atoms.